The van der Waals surface area contributed by atoms with Gasteiger partial charge < -0.3 is 14.5 Å². The molecule has 3 aromatic rings. The van der Waals surface area contributed by atoms with Crippen molar-refractivity contribution in [1.82, 2.24) is 15.1 Å². The van der Waals surface area contributed by atoms with E-state index in [4.69, 9.17) is 9.15 Å². The van der Waals surface area contributed by atoms with E-state index in [1.807, 2.05) is 41.9 Å². The number of ether oxygens (including phenoxy) is 1. The lowest BCUT2D eigenvalue weighted by atomic mass is 10.2. The molecule has 0 fully saturated rings. The number of rotatable bonds is 9. The van der Waals surface area contributed by atoms with Crippen LogP contribution in [0.3, 0.4) is 0 Å². The number of benzene rings is 1. The first kappa shape index (κ1) is 18.8. The maximum Gasteiger partial charge on any atom is 0.286 e. The Hall–Kier alpha value is -3.02. The molecule has 0 aliphatic heterocycles. The van der Waals surface area contributed by atoms with Crippen molar-refractivity contribution in [3.63, 3.8) is 0 Å². The van der Waals surface area contributed by atoms with E-state index < -0.39 is 0 Å². The molecule has 0 saturated carbocycles. The Morgan fingerprint density at radius 1 is 1.19 bits per heavy atom. The molecule has 1 amide bonds. The molecule has 0 aliphatic carbocycles. The molecule has 6 heteroatoms. The lowest BCUT2D eigenvalue weighted by Crippen LogP contribution is -2.25. The van der Waals surface area contributed by atoms with Crippen molar-refractivity contribution in [3.8, 4) is 5.75 Å². The summed E-state index contributed by atoms with van der Waals surface area (Å²) in [5.41, 5.74) is 2.38. The molecule has 0 aliphatic rings. The average molecular weight is 367 g/mol. The third-order valence-corrected chi connectivity index (χ3v) is 4.36. The highest BCUT2D eigenvalue weighted by Crippen LogP contribution is 2.16. The molecule has 0 atom stereocenters. The highest BCUT2D eigenvalue weighted by Gasteiger charge is 2.11. The SMILES string of the molecule is CCc1ccc(OCc2ccc(C(=O)NCCCn3nccc3C)o2)cc1. The fourth-order valence-corrected chi connectivity index (χ4v) is 2.70. The molecule has 2 aromatic heterocycles. The molecule has 0 spiro atoms. The summed E-state index contributed by atoms with van der Waals surface area (Å²) in [6, 6.07) is 13.4. The van der Waals surface area contributed by atoms with Crippen LogP contribution in [0.2, 0.25) is 0 Å². The molecule has 27 heavy (non-hydrogen) atoms. The molecule has 1 N–H and O–H groups in total. The van der Waals surface area contributed by atoms with Crippen LogP contribution in [-0.2, 0) is 19.6 Å². The topological polar surface area (TPSA) is 69.3 Å². The van der Waals surface area contributed by atoms with Crippen LogP contribution in [0.25, 0.3) is 0 Å². The second kappa shape index (κ2) is 9.07. The third kappa shape index (κ3) is 5.23. The lowest BCUT2D eigenvalue weighted by Gasteiger charge is -2.06. The highest BCUT2D eigenvalue weighted by atomic mass is 16.5. The minimum atomic E-state index is -0.217. The number of carbonyl (C=O) groups excluding carboxylic acids is 1. The predicted molar refractivity (Wildman–Crippen MR) is 103 cm³/mol. The Labute approximate surface area is 159 Å². The summed E-state index contributed by atoms with van der Waals surface area (Å²) in [5.74, 6) is 1.48. The van der Waals surface area contributed by atoms with E-state index in [0.717, 1.165) is 30.8 Å². The van der Waals surface area contributed by atoms with Gasteiger partial charge in [-0.3, -0.25) is 9.48 Å². The third-order valence-electron chi connectivity index (χ3n) is 4.36. The van der Waals surface area contributed by atoms with Gasteiger partial charge in [-0.2, -0.15) is 5.10 Å². The standard InChI is InChI=1S/C21H25N3O3/c1-3-17-5-7-18(8-6-17)26-15-19-9-10-20(27-19)21(25)22-12-4-14-24-16(2)11-13-23-24/h5-11,13H,3-4,12,14-15H2,1-2H3,(H,22,25). The van der Waals surface area contributed by atoms with Crippen molar-refractivity contribution in [2.45, 2.75) is 39.8 Å². The van der Waals surface area contributed by atoms with Gasteiger partial charge in [0.05, 0.1) is 0 Å². The number of nitrogens with one attached hydrogen (secondary N) is 1. The van der Waals surface area contributed by atoms with Gasteiger partial charge >= 0.3 is 0 Å². The van der Waals surface area contributed by atoms with E-state index in [0.29, 0.717) is 18.1 Å². The maximum absolute atomic E-state index is 12.2. The van der Waals surface area contributed by atoms with Crippen molar-refractivity contribution in [2.24, 2.45) is 0 Å². The van der Waals surface area contributed by atoms with E-state index in [1.54, 1.807) is 18.3 Å². The van der Waals surface area contributed by atoms with Crippen LogP contribution in [-0.4, -0.2) is 22.2 Å². The maximum atomic E-state index is 12.2. The summed E-state index contributed by atoms with van der Waals surface area (Å²) in [7, 11) is 0. The zero-order chi connectivity index (χ0) is 19.1. The quantitative estimate of drug-likeness (QED) is 0.585. The summed E-state index contributed by atoms with van der Waals surface area (Å²) >= 11 is 0. The Balaban J connectivity index is 1.42. The number of carbonyl (C=O) groups is 1. The Bertz CT molecular complexity index is 865. The van der Waals surface area contributed by atoms with Gasteiger partial charge in [0.15, 0.2) is 5.76 Å². The monoisotopic (exact) mass is 367 g/mol. The van der Waals surface area contributed by atoms with Crippen LogP contribution in [0.4, 0.5) is 0 Å². The van der Waals surface area contributed by atoms with Crippen molar-refractivity contribution in [2.75, 3.05) is 6.54 Å². The molecule has 0 radical (unpaired) electrons. The van der Waals surface area contributed by atoms with Gasteiger partial charge in [-0.25, -0.2) is 0 Å². The van der Waals surface area contributed by atoms with Crippen LogP contribution < -0.4 is 10.1 Å². The van der Waals surface area contributed by atoms with E-state index in [1.165, 1.54) is 5.56 Å². The number of amides is 1. The normalized spacial score (nSPS) is 10.7. The van der Waals surface area contributed by atoms with E-state index in [-0.39, 0.29) is 12.5 Å². The fourth-order valence-electron chi connectivity index (χ4n) is 2.70. The van der Waals surface area contributed by atoms with Gasteiger partial charge in [-0.05, 0) is 55.7 Å². The van der Waals surface area contributed by atoms with Crippen LogP contribution in [0, 0.1) is 6.92 Å². The molecule has 6 nitrogen and oxygen atoms in total. The molecule has 0 bridgehead atoms. The van der Waals surface area contributed by atoms with E-state index in [2.05, 4.69) is 17.3 Å². The molecule has 0 unspecified atom stereocenters. The molecule has 1 aromatic carbocycles. The second-order valence-corrected chi connectivity index (χ2v) is 6.36. The number of hydrogen-bond donors (Lipinski definition) is 1. The van der Waals surface area contributed by atoms with Gasteiger partial charge in [0, 0.05) is 25.0 Å². The van der Waals surface area contributed by atoms with Crippen LogP contribution >= 0.6 is 0 Å². The van der Waals surface area contributed by atoms with Crippen molar-refractivity contribution < 1.29 is 13.9 Å². The second-order valence-electron chi connectivity index (χ2n) is 6.36. The predicted octanol–water partition coefficient (Wildman–Crippen LogP) is 3.75. The largest absolute Gasteiger partial charge is 0.486 e. The summed E-state index contributed by atoms with van der Waals surface area (Å²) in [4.78, 5) is 12.2. The van der Waals surface area contributed by atoms with Crippen molar-refractivity contribution in [1.29, 1.82) is 0 Å². The van der Waals surface area contributed by atoms with Crippen LogP contribution in [0.5, 0.6) is 5.75 Å². The van der Waals surface area contributed by atoms with Crippen molar-refractivity contribution in [3.05, 3.63) is 71.4 Å². The van der Waals surface area contributed by atoms with Crippen LogP contribution in [0.15, 0.2) is 53.1 Å². The van der Waals surface area contributed by atoms with Gasteiger partial charge in [0.1, 0.15) is 18.1 Å². The molecule has 2 heterocycles. The van der Waals surface area contributed by atoms with Gasteiger partial charge in [0.2, 0.25) is 0 Å². The molecule has 0 saturated heterocycles. The number of aryl methyl sites for hydroxylation is 3. The van der Waals surface area contributed by atoms with Crippen molar-refractivity contribution >= 4 is 5.91 Å². The minimum absolute atomic E-state index is 0.217. The summed E-state index contributed by atoms with van der Waals surface area (Å²) in [6.45, 7) is 5.75. The molecule has 3 rings (SSSR count). The summed E-state index contributed by atoms with van der Waals surface area (Å²) in [6.07, 6.45) is 3.58. The number of hydrogen-bond acceptors (Lipinski definition) is 4. The van der Waals surface area contributed by atoms with Crippen LogP contribution in [0.1, 0.15) is 40.9 Å². The molecule has 142 valence electrons. The number of nitrogens with zero attached hydrogens (tertiary/aromatic N) is 2. The smallest absolute Gasteiger partial charge is 0.286 e. The Morgan fingerprint density at radius 3 is 2.70 bits per heavy atom. The number of aromatic nitrogens is 2. The van der Waals surface area contributed by atoms with E-state index in [9.17, 15) is 4.79 Å². The molecular weight excluding hydrogens is 342 g/mol. The Kier molecular flexibility index (Phi) is 6.30. The minimum Gasteiger partial charge on any atom is -0.486 e. The number of furan rings is 1. The zero-order valence-electron chi connectivity index (χ0n) is 15.8. The summed E-state index contributed by atoms with van der Waals surface area (Å²) in [5, 5.41) is 7.09. The first-order chi connectivity index (χ1) is 13.2. The first-order valence-corrected chi connectivity index (χ1v) is 9.23. The highest BCUT2D eigenvalue weighted by molar-refractivity contribution is 5.91. The Morgan fingerprint density at radius 2 is 2.00 bits per heavy atom. The summed E-state index contributed by atoms with van der Waals surface area (Å²) < 4.78 is 13.2. The van der Waals surface area contributed by atoms with E-state index >= 15 is 0 Å². The van der Waals surface area contributed by atoms with Gasteiger partial charge in [0.25, 0.3) is 5.91 Å². The average Bonchev–Trinajstić information content (AvgIpc) is 3.33. The van der Waals surface area contributed by atoms with Gasteiger partial charge in [-0.1, -0.05) is 19.1 Å². The fraction of sp³-hybridized carbons (Fsp3) is 0.333. The first-order valence-electron chi connectivity index (χ1n) is 9.23. The van der Waals surface area contributed by atoms with Gasteiger partial charge in [-0.15, -0.1) is 0 Å². The lowest BCUT2D eigenvalue weighted by molar-refractivity contribution is 0.0921. The zero-order valence-corrected chi connectivity index (χ0v) is 15.8. The molecular formula is C21H25N3O3.